The molecule has 10 nitrogen and oxygen atoms in total. The summed E-state index contributed by atoms with van der Waals surface area (Å²) < 4.78 is 34.3. The lowest BCUT2D eigenvalue weighted by atomic mass is 9.99. The van der Waals surface area contributed by atoms with Crippen LogP contribution in [0.2, 0.25) is 0 Å². The van der Waals surface area contributed by atoms with E-state index in [1.807, 2.05) is 20.8 Å². The molecule has 0 bridgehead atoms. The highest BCUT2D eigenvalue weighted by Crippen LogP contribution is 2.31. The molecular weight excluding hydrogens is 504 g/mol. The van der Waals surface area contributed by atoms with E-state index in [4.69, 9.17) is 4.74 Å². The van der Waals surface area contributed by atoms with Crippen molar-refractivity contribution in [2.24, 2.45) is 5.92 Å². The minimum Gasteiger partial charge on any atom is -0.487 e. The summed E-state index contributed by atoms with van der Waals surface area (Å²) in [6.07, 6.45) is -0.457. The van der Waals surface area contributed by atoms with Gasteiger partial charge in [-0.1, -0.05) is 13.0 Å². The summed E-state index contributed by atoms with van der Waals surface area (Å²) in [4.78, 5) is 29.1. The Balaban J connectivity index is 1.95. The van der Waals surface area contributed by atoms with E-state index in [-0.39, 0.29) is 64.8 Å². The minimum atomic E-state index is -3.81. The van der Waals surface area contributed by atoms with E-state index in [2.05, 4.69) is 10.0 Å². The molecule has 1 aromatic heterocycles. The quantitative estimate of drug-likeness (QED) is 0.474. The minimum absolute atomic E-state index is 0.0220. The van der Waals surface area contributed by atoms with Gasteiger partial charge in [-0.05, 0) is 50.4 Å². The first-order valence-corrected chi connectivity index (χ1v) is 14.1. The molecular formula is C24H34N4O6S2. The number of thiophene rings is 1. The van der Waals surface area contributed by atoms with Gasteiger partial charge in [0.05, 0.1) is 24.8 Å². The van der Waals surface area contributed by atoms with Crippen LogP contribution in [0.25, 0.3) is 0 Å². The monoisotopic (exact) mass is 538 g/mol. The van der Waals surface area contributed by atoms with E-state index in [1.165, 1.54) is 23.1 Å². The first kappa shape index (κ1) is 27.8. The van der Waals surface area contributed by atoms with Crippen molar-refractivity contribution in [1.29, 1.82) is 0 Å². The Morgan fingerprint density at radius 2 is 2.03 bits per heavy atom. The molecule has 3 N–H and O–H groups in total. The molecule has 2 heterocycles. The molecule has 198 valence electrons. The van der Waals surface area contributed by atoms with E-state index in [0.717, 1.165) is 11.3 Å². The molecule has 3 amide bonds. The van der Waals surface area contributed by atoms with Crippen LogP contribution in [0.15, 0.2) is 39.9 Å². The van der Waals surface area contributed by atoms with Gasteiger partial charge in [-0.25, -0.2) is 13.2 Å². The van der Waals surface area contributed by atoms with Crippen molar-refractivity contribution < 1.29 is 27.9 Å². The van der Waals surface area contributed by atoms with Crippen molar-refractivity contribution >= 4 is 39.0 Å². The molecule has 3 atom stereocenters. The fraction of sp³-hybridized carbons (Fsp3) is 0.500. The van der Waals surface area contributed by atoms with Gasteiger partial charge in [0.25, 0.3) is 15.9 Å². The summed E-state index contributed by atoms with van der Waals surface area (Å²) in [5, 5.41) is 14.3. The van der Waals surface area contributed by atoms with Crippen molar-refractivity contribution in [1.82, 2.24) is 15.1 Å². The van der Waals surface area contributed by atoms with E-state index >= 15 is 0 Å². The van der Waals surface area contributed by atoms with Crippen molar-refractivity contribution in [3.8, 4) is 5.75 Å². The van der Waals surface area contributed by atoms with Crippen LogP contribution < -0.4 is 14.8 Å². The van der Waals surface area contributed by atoms with Crippen LogP contribution in [-0.2, 0) is 10.0 Å². The highest BCUT2D eigenvalue weighted by molar-refractivity contribution is 7.94. The lowest BCUT2D eigenvalue weighted by Gasteiger charge is -2.38. The van der Waals surface area contributed by atoms with Gasteiger partial charge in [-0.3, -0.25) is 9.52 Å². The van der Waals surface area contributed by atoms with Crippen LogP contribution in [0.4, 0.5) is 10.5 Å². The number of benzene rings is 1. The predicted octanol–water partition coefficient (Wildman–Crippen LogP) is 2.82. The number of hydrogen-bond donors (Lipinski definition) is 3. The van der Waals surface area contributed by atoms with Crippen LogP contribution in [0.3, 0.4) is 0 Å². The van der Waals surface area contributed by atoms with Crippen LogP contribution in [0.1, 0.15) is 38.1 Å². The number of carbonyl (C=O) groups excluding carboxylic acids is 2. The third-order valence-electron chi connectivity index (χ3n) is 5.89. The second-order valence-electron chi connectivity index (χ2n) is 9.36. The zero-order valence-corrected chi connectivity index (χ0v) is 22.7. The molecule has 0 saturated heterocycles. The summed E-state index contributed by atoms with van der Waals surface area (Å²) in [5.41, 5.74) is 0.391. The standard InChI is InChI=1S/C24H34N4O6S2/c1-15(2)25-24(31)27(5)13-21-16(3)12-28(17(4)14-29)23(30)19-11-18(8-9-20(19)34-21)26-36(32,33)22-7-6-10-35-22/h6-11,15-17,21,26,29H,12-14H2,1-5H3,(H,25,31)/t16-,17-,21+/m1/s1. The number of hydrogen-bond acceptors (Lipinski definition) is 7. The van der Waals surface area contributed by atoms with E-state index in [1.54, 1.807) is 36.4 Å². The van der Waals surface area contributed by atoms with Gasteiger partial charge in [-0.2, -0.15) is 0 Å². The van der Waals surface area contributed by atoms with Gasteiger partial charge in [0.15, 0.2) is 0 Å². The van der Waals surface area contributed by atoms with Gasteiger partial charge in [0, 0.05) is 31.2 Å². The summed E-state index contributed by atoms with van der Waals surface area (Å²) >= 11 is 1.09. The number of amides is 3. The van der Waals surface area contributed by atoms with E-state index in [9.17, 15) is 23.1 Å². The van der Waals surface area contributed by atoms with E-state index < -0.39 is 22.2 Å². The summed E-state index contributed by atoms with van der Waals surface area (Å²) in [6, 6.07) is 6.95. The van der Waals surface area contributed by atoms with Crippen molar-refractivity contribution in [3.05, 3.63) is 41.3 Å². The lowest BCUT2D eigenvalue weighted by Crippen LogP contribution is -2.51. The largest absolute Gasteiger partial charge is 0.487 e. The first-order valence-electron chi connectivity index (χ1n) is 11.7. The molecule has 2 aromatic rings. The normalized spacial score (nSPS) is 19.1. The third kappa shape index (κ3) is 6.48. The molecule has 1 aromatic carbocycles. The number of nitrogens with zero attached hydrogens (tertiary/aromatic N) is 2. The zero-order chi connectivity index (χ0) is 26.6. The van der Waals surface area contributed by atoms with Crippen molar-refractivity contribution in [3.63, 3.8) is 0 Å². The fourth-order valence-electron chi connectivity index (χ4n) is 3.84. The van der Waals surface area contributed by atoms with Gasteiger partial charge in [-0.15, -0.1) is 11.3 Å². The summed E-state index contributed by atoms with van der Waals surface area (Å²) in [6.45, 7) is 7.74. The lowest BCUT2D eigenvalue weighted by molar-refractivity contribution is 0.0366. The maximum absolute atomic E-state index is 13.5. The Bertz CT molecular complexity index is 1170. The smallest absolute Gasteiger partial charge is 0.317 e. The van der Waals surface area contributed by atoms with Gasteiger partial charge >= 0.3 is 6.03 Å². The molecule has 12 heteroatoms. The number of ether oxygens (including phenoxy) is 1. The zero-order valence-electron chi connectivity index (χ0n) is 21.1. The number of aliphatic hydroxyl groups excluding tert-OH is 1. The average Bonchev–Trinajstić information content (AvgIpc) is 3.36. The van der Waals surface area contributed by atoms with Gasteiger partial charge in [0.2, 0.25) is 0 Å². The molecule has 1 aliphatic heterocycles. The third-order valence-corrected chi connectivity index (χ3v) is 8.67. The van der Waals surface area contributed by atoms with Crippen LogP contribution in [0, 0.1) is 5.92 Å². The van der Waals surface area contributed by atoms with Crippen LogP contribution in [-0.4, -0.2) is 80.2 Å². The van der Waals surface area contributed by atoms with Crippen LogP contribution >= 0.6 is 11.3 Å². The summed E-state index contributed by atoms with van der Waals surface area (Å²) in [5.74, 6) is -0.259. The molecule has 0 unspecified atom stereocenters. The number of fused-ring (bicyclic) bond motifs is 1. The number of rotatable bonds is 8. The van der Waals surface area contributed by atoms with Gasteiger partial charge < -0.3 is 25.0 Å². The average molecular weight is 539 g/mol. The number of likely N-dealkylation sites (N-methyl/N-ethyl adjacent to an activating group) is 1. The molecule has 0 aliphatic carbocycles. The molecule has 0 spiro atoms. The van der Waals surface area contributed by atoms with Crippen LogP contribution in [0.5, 0.6) is 5.75 Å². The Kier molecular flexibility index (Phi) is 8.85. The number of urea groups is 1. The molecule has 3 rings (SSSR count). The van der Waals surface area contributed by atoms with Crippen molar-refractivity contribution in [2.75, 3.05) is 31.5 Å². The highest BCUT2D eigenvalue weighted by Gasteiger charge is 2.34. The highest BCUT2D eigenvalue weighted by atomic mass is 32.2. The molecule has 36 heavy (non-hydrogen) atoms. The number of anilines is 1. The van der Waals surface area contributed by atoms with Crippen molar-refractivity contribution in [2.45, 2.75) is 50.1 Å². The fourth-order valence-corrected chi connectivity index (χ4v) is 5.88. The molecule has 0 fully saturated rings. The van der Waals surface area contributed by atoms with E-state index in [0.29, 0.717) is 0 Å². The summed E-state index contributed by atoms with van der Waals surface area (Å²) in [7, 11) is -2.13. The topological polar surface area (TPSA) is 128 Å². The Morgan fingerprint density at radius 1 is 1.31 bits per heavy atom. The Morgan fingerprint density at radius 3 is 2.64 bits per heavy atom. The number of nitrogens with one attached hydrogen (secondary N) is 2. The Labute approximate surface area is 216 Å². The SMILES string of the molecule is CC(C)NC(=O)N(C)C[C@@H]1Oc2ccc(NS(=O)(=O)c3cccs3)cc2C(=O)N([C@H](C)CO)C[C@H]1C. The molecule has 0 radical (unpaired) electrons. The number of sulfonamides is 1. The second-order valence-corrected chi connectivity index (χ2v) is 12.2. The maximum atomic E-state index is 13.5. The maximum Gasteiger partial charge on any atom is 0.317 e. The second kappa shape index (κ2) is 11.5. The molecule has 0 saturated carbocycles. The number of aliphatic hydroxyl groups is 1. The Hall–Kier alpha value is -2.83. The molecule has 1 aliphatic rings. The first-order chi connectivity index (χ1) is 16.9. The number of carbonyl (C=O) groups is 2. The predicted molar refractivity (Wildman–Crippen MR) is 139 cm³/mol. The van der Waals surface area contributed by atoms with Gasteiger partial charge in [0.1, 0.15) is 16.1 Å².